The normalized spacial score (nSPS) is 16.7. The molecule has 0 spiro atoms. The van der Waals surface area contributed by atoms with Gasteiger partial charge in [-0.3, -0.25) is 25.2 Å². The molecule has 1 fully saturated rings. The van der Waals surface area contributed by atoms with Crippen LogP contribution < -0.4 is 15.6 Å². The summed E-state index contributed by atoms with van der Waals surface area (Å²) in [5.41, 5.74) is 6.62. The molecule has 7 nitrogen and oxygen atoms in total. The number of nitrogens with one attached hydrogen (secondary N) is 2. The van der Waals surface area contributed by atoms with Gasteiger partial charge in [-0.2, -0.15) is 0 Å². The van der Waals surface area contributed by atoms with E-state index < -0.39 is 11.8 Å². The van der Waals surface area contributed by atoms with Crippen molar-refractivity contribution in [2.24, 2.45) is 11.8 Å². The van der Waals surface area contributed by atoms with Crippen LogP contribution in [0.5, 0.6) is 5.75 Å². The minimum atomic E-state index is -0.454. The molecular weight excluding hydrogens is 334 g/mol. The number of carbonyl (C=O) groups is 3. The lowest BCUT2D eigenvalue weighted by Crippen LogP contribution is -2.46. The van der Waals surface area contributed by atoms with E-state index in [4.69, 9.17) is 4.74 Å². The molecule has 26 heavy (non-hydrogen) atoms. The SMILES string of the molecule is Cc1cccc(C)c1OCC(=O)NNC(=O)[C@H]1CC(=O)N(CC(C)C)C1. The summed E-state index contributed by atoms with van der Waals surface area (Å²) in [5.74, 6) is -0.263. The second-order valence-electron chi connectivity index (χ2n) is 7.14. The first-order valence-corrected chi connectivity index (χ1v) is 8.83. The zero-order valence-electron chi connectivity index (χ0n) is 15.8. The molecule has 1 aromatic rings. The number of nitrogens with zero attached hydrogens (tertiary/aromatic N) is 1. The molecule has 0 unspecified atom stereocenters. The average molecular weight is 361 g/mol. The molecule has 0 aliphatic carbocycles. The number of rotatable bonds is 6. The van der Waals surface area contributed by atoms with Crippen molar-refractivity contribution >= 4 is 17.7 Å². The number of hydrogen-bond acceptors (Lipinski definition) is 4. The molecule has 1 heterocycles. The maximum Gasteiger partial charge on any atom is 0.276 e. The fourth-order valence-corrected chi connectivity index (χ4v) is 3.00. The van der Waals surface area contributed by atoms with E-state index in [0.717, 1.165) is 11.1 Å². The topological polar surface area (TPSA) is 87.7 Å². The molecular formula is C19H27N3O4. The van der Waals surface area contributed by atoms with E-state index in [9.17, 15) is 14.4 Å². The van der Waals surface area contributed by atoms with E-state index >= 15 is 0 Å². The van der Waals surface area contributed by atoms with E-state index in [1.165, 1.54) is 0 Å². The molecule has 1 atom stereocenters. The minimum Gasteiger partial charge on any atom is -0.483 e. The smallest absolute Gasteiger partial charge is 0.276 e. The molecule has 0 aromatic heterocycles. The van der Waals surface area contributed by atoms with Crippen LogP contribution in [0, 0.1) is 25.7 Å². The third-order valence-corrected chi connectivity index (χ3v) is 4.25. The zero-order chi connectivity index (χ0) is 19.3. The Labute approximate surface area is 154 Å². The van der Waals surface area contributed by atoms with Crippen LogP contribution in [0.1, 0.15) is 31.4 Å². The van der Waals surface area contributed by atoms with Crippen molar-refractivity contribution in [3.8, 4) is 5.75 Å². The zero-order valence-corrected chi connectivity index (χ0v) is 15.8. The van der Waals surface area contributed by atoms with Crippen LogP contribution in [0.15, 0.2) is 18.2 Å². The van der Waals surface area contributed by atoms with E-state index in [0.29, 0.717) is 24.8 Å². The van der Waals surface area contributed by atoms with Crippen LogP contribution in [0.3, 0.4) is 0 Å². The number of para-hydroxylation sites is 1. The van der Waals surface area contributed by atoms with Crippen LogP contribution >= 0.6 is 0 Å². The average Bonchev–Trinajstić information content (AvgIpc) is 2.92. The summed E-state index contributed by atoms with van der Waals surface area (Å²) >= 11 is 0. The quantitative estimate of drug-likeness (QED) is 0.749. The van der Waals surface area contributed by atoms with Crippen LogP contribution in [0.4, 0.5) is 0 Å². The van der Waals surface area contributed by atoms with Crippen molar-refractivity contribution in [1.29, 1.82) is 0 Å². The van der Waals surface area contributed by atoms with Gasteiger partial charge in [-0.25, -0.2) is 0 Å². The van der Waals surface area contributed by atoms with Gasteiger partial charge in [0.1, 0.15) is 5.75 Å². The Hall–Kier alpha value is -2.57. The van der Waals surface area contributed by atoms with Crippen molar-refractivity contribution in [3.05, 3.63) is 29.3 Å². The van der Waals surface area contributed by atoms with Gasteiger partial charge in [0.2, 0.25) is 11.8 Å². The number of benzene rings is 1. The molecule has 1 aliphatic heterocycles. The number of carbonyl (C=O) groups excluding carboxylic acids is 3. The third-order valence-electron chi connectivity index (χ3n) is 4.25. The summed E-state index contributed by atoms with van der Waals surface area (Å²) < 4.78 is 5.54. The predicted octanol–water partition coefficient (Wildman–Crippen LogP) is 1.33. The van der Waals surface area contributed by atoms with Crippen LogP contribution in [-0.4, -0.2) is 42.3 Å². The third kappa shape index (κ3) is 5.21. The van der Waals surface area contributed by atoms with Gasteiger partial charge in [-0.05, 0) is 30.9 Å². The number of ether oxygens (including phenoxy) is 1. The molecule has 2 rings (SSSR count). The van der Waals surface area contributed by atoms with Gasteiger partial charge >= 0.3 is 0 Å². The molecule has 0 bridgehead atoms. The molecule has 7 heteroatoms. The summed E-state index contributed by atoms with van der Waals surface area (Å²) in [6.45, 7) is 8.68. The first-order chi connectivity index (χ1) is 12.3. The van der Waals surface area contributed by atoms with Gasteiger partial charge in [-0.15, -0.1) is 0 Å². The molecule has 1 aliphatic rings. The van der Waals surface area contributed by atoms with Crippen molar-refractivity contribution in [3.63, 3.8) is 0 Å². The highest BCUT2D eigenvalue weighted by molar-refractivity contribution is 5.90. The highest BCUT2D eigenvalue weighted by atomic mass is 16.5. The Kier molecular flexibility index (Phi) is 6.60. The maximum atomic E-state index is 12.2. The fourth-order valence-electron chi connectivity index (χ4n) is 3.00. The van der Waals surface area contributed by atoms with Gasteiger partial charge in [0.15, 0.2) is 6.61 Å². The Morgan fingerprint density at radius 2 is 1.88 bits per heavy atom. The molecule has 142 valence electrons. The van der Waals surface area contributed by atoms with E-state index in [1.54, 1.807) is 4.90 Å². The van der Waals surface area contributed by atoms with Crippen LogP contribution in [-0.2, 0) is 14.4 Å². The predicted molar refractivity (Wildman–Crippen MR) is 97.2 cm³/mol. The number of hydrazine groups is 1. The minimum absolute atomic E-state index is 0.0245. The van der Waals surface area contributed by atoms with Crippen molar-refractivity contribution in [2.75, 3.05) is 19.7 Å². The van der Waals surface area contributed by atoms with Crippen molar-refractivity contribution < 1.29 is 19.1 Å². The van der Waals surface area contributed by atoms with E-state index in [1.807, 2.05) is 45.9 Å². The lowest BCUT2D eigenvalue weighted by atomic mass is 10.1. The standard InChI is InChI=1S/C19H27N3O4/c1-12(2)9-22-10-15(8-17(22)24)19(25)21-20-16(23)11-26-18-13(3)6-5-7-14(18)4/h5-7,12,15H,8-11H2,1-4H3,(H,20,23)(H,21,25)/t15-/m0/s1. The maximum absolute atomic E-state index is 12.2. The number of aryl methyl sites for hydroxylation is 2. The molecule has 2 N–H and O–H groups in total. The molecule has 0 radical (unpaired) electrons. The Balaban J connectivity index is 1.77. The summed E-state index contributed by atoms with van der Waals surface area (Å²) in [6, 6.07) is 5.73. The molecule has 3 amide bonds. The first kappa shape index (κ1) is 19.8. The van der Waals surface area contributed by atoms with Gasteiger partial charge in [0.05, 0.1) is 5.92 Å². The van der Waals surface area contributed by atoms with Crippen LogP contribution in [0.2, 0.25) is 0 Å². The van der Waals surface area contributed by atoms with E-state index in [-0.39, 0.29) is 24.8 Å². The molecule has 0 saturated carbocycles. The van der Waals surface area contributed by atoms with Gasteiger partial charge in [-0.1, -0.05) is 32.0 Å². The number of likely N-dealkylation sites (tertiary alicyclic amines) is 1. The van der Waals surface area contributed by atoms with Crippen molar-refractivity contribution in [1.82, 2.24) is 15.8 Å². The van der Waals surface area contributed by atoms with Crippen LogP contribution in [0.25, 0.3) is 0 Å². The molecule has 1 saturated heterocycles. The van der Waals surface area contributed by atoms with Gasteiger partial charge in [0, 0.05) is 19.5 Å². The van der Waals surface area contributed by atoms with E-state index in [2.05, 4.69) is 10.9 Å². The lowest BCUT2D eigenvalue weighted by molar-refractivity contribution is -0.132. The summed E-state index contributed by atoms with van der Waals surface area (Å²) in [6.07, 6.45) is 0.174. The number of hydrogen-bond donors (Lipinski definition) is 2. The number of amides is 3. The first-order valence-electron chi connectivity index (χ1n) is 8.83. The fraction of sp³-hybridized carbons (Fsp3) is 0.526. The van der Waals surface area contributed by atoms with Gasteiger partial charge < -0.3 is 9.64 Å². The summed E-state index contributed by atoms with van der Waals surface area (Å²) in [7, 11) is 0. The Morgan fingerprint density at radius 1 is 1.23 bits per heavy atom. The second-order valence-corrected chi connectivity index (χ2v) is 7.14. The summed E-state index contributed by atoms with van der Waals surface area (Å²) in [5, 5.41) is 0. The largest absolute Gasteiger partial charge is 0.483 e. The highest BCUT2D eigenvalue weighted by Crippen LogP contribution is 2.22. The molecule has 1 aromatic carbocycles. The Morgan fingerprint density at radius 3 is 2.50 bits per heavy atom. The monoisotopic (exact) mass is 361 g/mol. The second kappa shape index (κ2) is 8.69. The van der Waals surface area contributed by atoms with Gasteiger partial charge in [0.25, 0.3) is 5.91 Å². The highest BCUT2D eigenvalue weighted by Gasteiger charge is 2.34. The lowest BCUT2D eigenvalue weighted by Gasteiger charge is -2.18. The van der Waals surface area contributed by atoms with Crippen molar-refractivity contribution in [2.45, 2.75) is 34.1 Å². The Bertz CT molecular complexity index is 667. The summed E-state index contributed by atoms with van der Waals surface area (Å²) in [4.78, 5) is 37.7.